The summed E-state index contributed by atoms with van der Waals surface area (Å²) < 4.78 is 72.1. The number of fused-ring (bicyclic) bond motifs is 2. The van der Waals surface area contributed by atoms with Crippen LogP contribution in [0.5, 0.6) is 0 Å². The Hall–Kier alpha value is -1.82. The van der Waals surface area contributed by atoms with Crippen molar-refractivity contribution in [3.05, 3.63) is 59.9 Å². The topological polar surface area (TPSA) is 0 Å². The van der Waals surface area contributed by atoms with Crippen LogP contribution in [-0.4, -0.2) is 0 Å². The Labute approximate surface area is 102 Å². The largest absolute Gasteiger partial charge is 0.0636 e. The predicted octanol–water partition coefficient (Wildman–Crippen LogP) is 4.30. The van der Waals surface area contributed by atoms with E-state index in [1.807, 2.05) is 0 Å². The van der Waals surface area contributed by atoms with Gasteiger partial charge in [0.1, 0.15) is 0 Å². The minimum absolute atomic E-state index is 0.0315. The molecule has 0 nitrogen and oxygen atoms in total. The summed E-state index contributed by atoms with van der Waals surface area (Å²) in [5.74, 6) is 0. The maximum Gasteiger partial charge on any atom is 0.0636 e. The van der Waals surface area contributed by atoms with Crippen LogP contribution in [0.2, 0.25) is 0 Å². The van der Waals surface area contributed by atoms with E-state index in [0.717, 1.165) is 0 Å². The molecule has 0 heteroatoms. The maximum atomic E-state index is 8.38. The molecule has 0 aliphatic heterocycles. The lowest BCUT2D eigenvalue weighted by atomic mass is 10.0. The third-order valence-electron chi connectivity index (χ3n) is 2.25. The molecule has 3 aromatic carbocycles. The SMILES string of the molecule is [2H]c1c([2H])c([2H])c2c([2H])c3c(C)c([2H])c([2H])c([2H])c3c([2H])c2c1[2H]. The molecule has 0 bridgehead atoms. The highest BCUT2D eigenvalue weighted by Gasteiger charge is 1.98. The lowest BCUT2D eigenvalue weighted by Crippen LogP contribution is -1.79. The molecule has 0 aliphatic rings. The first-order valence-corrected chi connectivity index (χ1v) is 4.50. The van der Waals surface area contributed by atoms with Crippen LogP contribution in [0.15, 0.2) is 54.4 Å². The van der Waals surface area contributed by atoms with Gasteiger partial charge in [0.25, 0.3) is 0 Å². The Balaban J connectivity index is 2.82. The fraction of sp³-hybridized carbons (Fsp3) is 0.0667. The van der Waals surface area contributed by atoms with Crippen molar-refractivity contribution in [2.45, 2.75) is 6.92 Å². The minimum atomic E-state index is -0.508. The second-order valence-electron chi connectivity index (χ2n) is 3.25. The average molecular weight is 201 g/mol. The number of hydrogen-bond donors (Lipinski definition) is 0. The molecule has 0 unspecified atom stereocenters. The van der Waals surface area contributed by atoms with Gasteiger partial charge >= 0.3 is 0 Å². The Kier molecular flexibility index (Phi) is 0.690. The summed E-state index contributed by atoms with van der Waals surface area (Å²) in [6, 6.07) is -3.39. The zero-order chi connectivity index (χ0) is 18.1. The molecule has 3 aromatic rings. The number of rotatable bonds is 0. The van der Waals surface area contributed by atoms with E-state index in [0.29, 0.717) is 0 Å². The van der Waals surface area contributed by atoms with Crippen LogP contribution in [0.1, 0.15) is 17.9 Å². The van der Waals surface area contributed by atoms with Crippen LogP contribution in [-0.2, 0) is 0 Å². The van der Waals surface area contributed by atoms with Crippen molar-refractivity contribution in [1.82, 2.24) is 0 Å². The van der Waals surface area contributed by atoms with Gasteiger partial charge in [0.05, 0.1) is 12.3 Å². The van der Waals surface area contributed by atoms with E-state index in [1.165, 1.54) is 6.92 Å². The molecule has 72 valence electrons. The average Bonchev–Trinajstić information content (AvgIpc) is 2.55. The van der Waals surface area contributed by atoms with Gasteiger partial charge in [0, 0.05) is 0 Å². The molecule has 0 fully saturated rings. The summed E-state index contributed by atoms with van der Waals surface area (Å²) in [5, 5.41) is -0.152. The number of aryl methyl sites for hydroxylation is 1. The standard InChI is InChI=1S/C15H12/c1-11-5-4-8-14-9-12-6-2-3-7-13(12)10-15(11)14/h2-10H,1H3/i2D,3D,4D,5D,6D,7D,8D,9D,10D. The van der Waals surface area contributed by atoms with Crippen LogP contribution in [0.4, 0.5) is 0 Å². The first kappa shape index (κ1) is 3.34. The van der Waals surface area contributed by atoms with Gasteiger partial charge < -0.3 is 0 Å². The van der Waals surface area contributed by atoms with E-state index in [4.69, 9.17) is 12.3 Å². The smallest absolute Gasteiger partial charge is 0.0616 e. The summed E-state index contributed by atoms with van der Waals surface area (Å²) in [6.45, 7) is 1.51. The molecular weight excluding hydrogens is 180 g/mol. The van der Waals surface area contributed by atoms with Crippen molar-refractivity contribution in [3.63, 3.8) is 0 Å². The van der Waals surface area contributed by atoms with Gasteiger partial charge in [-0.3, -0.25) is 0 Å². The zero-order valence-corrected chi connectivity index (χ0v) is 8.00. The Morgan fingerprint density at radius 1 is 0.800 bits per heavy atom. The van der Waals surface area contributed by atoms with E-state index in [-0.39, 0.29) is 57.3 Å². The van der Waals surface area contributed by atoms with E-state index in [2.05, 4.69) is 0 Å². The summed E-state index contributed by atoms with van der Waals surface area (Å²) in [7, 11) is 0. The lowest BCUT2D eigenvalue weighted by Gasteiger charge is -2.04. The first-order valence-electron chi connectivity index (χ1n) is 9.00. The first-order chi connectivity index (χ1) is 11.1. The lowest BCUT2D eigenvalue weighted by molar-refractivity contribution is 1.54. The molecule has 15 heavy (non-hydrogen) atoms. The fourth-order valence-corrected chi connectivity index (χ4v) is 1.50. The van der Waals surface area contributed by atoms with Gasteiger partial charge in [-0.25, -0.2) is 0 Å². The number of benzene rings is 3. The molecule has 0 aliphatic carbocycles. The molecule has 3 rings (SSSR count). The van der Waals surface area contributed by atoms with Gasteiger partial charge in [-0.1, -0.05) is 42.3 Å². The fourth-order valence-electron chi connectivity index (χ4n) is 1.50. The van der Waals surface area contributed by atoms with Crippen molar-refractivity contribution in [2.24, 2.45) is 0 Å². The molecule has 0 heterocycles. The van der Waals surface area contributed by atoms with Gasteiger partial charge in [-0.05, 0) is 46.1 Å². The van der Waals surface area contributed by atoms with E-state index >= 15 is 0 Å². The van der Waals surface area contributed by atoms with Crippen molar-refractivity contribution in [2.75, 3.05) is 0 Å². The highest BCUT2D eigenvalue weighted by atomic mass is 14.0. The van der Waals surface area contributed by atoms with Gasteiger partial charge in [0.2, 0.25) is 0 Å². The molecular formula is C15H12. The Morgan fingerprint density at radius 2 is 1.47 bits per heavy atom. The molecule has 0 saturated heterocycles. The molecule has 0 N–H and O–H groups in total. The monoisotopic (exact) mass is 201 g/mol. The van der Waals surface area contributed by atoms with E-state index in [9.17, 15) is 0 Å². The maximum absolute atomic E-state index is 8.38. The van der Waals surface area contributed by atoms with Gasteiger partial charge in [0.15, 0.2) is 0 Å². The quantitative estimate of drug-likeness (QED) is 0.476. The van der Waals surface area contributed by atoms with Crippen LogP contribution < -0.4 is 0 Å². The third-order valence-corrected chi connectivity index (χ3v) is 2.25. The second-order valence-corrected chi connectivity index (χ2v) is 3.25. The zero-order valence-electron chi connectivity index (χ0n) is 17.0. The summed E-state index contributed by atoms with van der Waals surface area (Å²) in [6.07, 6.45) is 0. The molecule has 0 aromatic heterocycles. The normalized spacial score (nSPS) is 19.4. The van der Waals surface area contributed by atoms with Crippen molar-refractivity contribution >= 4 is 21.5 Å². The van der Waals surface area contributed by atoms with Crippen molar-refractivity contribution in [3.8, 4) is 0 Å². The second kappa shape index (κ2) is 3.09. The van der Waals surface area contributed by atoms with Crippen molar-refractivity contribution < 1.29 is 12.3 Å². The Morgan fingerprint density at radius 3 is 2.27 bits per heavy atom. The van der Waals surface area contributed by atoms with Crippen LogP contribution in [0.3, 0.4) is 0 Å². The Bertz CT molecular complexity index is 888. The highest BCUT2D eigenvalue weighted by molar-refractivity contribution is 5.99. The summed E-state index contributed by atoms with van der Waals surface area (Å²) in [5.41, 5.74) is 0.249. The number of hydrogen-bond acceptors (Lipinski definition) is 0. The van der Waals surface area contributed by atoms with Crippen LogP contribution in [0, 0.1) is 6.92 Å². The summed E-state index contributed by atoms with van der Waals surface area (Å²) >= 11 is 0. The van der Waals surface area contributed by atoms with Gasteiger partial charge in [-0.15, -0.1) is 0 Å². The minimum Gasteiger partial charge on any atom is -0.0616 e. The molecule has 0 spiro atoms. The predicted molar refractivity (Wildman–Crippen MR) is 66.2 cm³/mol. The molecule has 0 amide bonds. The summed E-state index contributed by atoms with van der Waals surface area (Å²) in [4.78, 5) is 0. The third kappa shape index (κ3) is 1.30. The molecule has 0 radical (unpaired) electrons. The van der Waals surface area contributed by atoms with E-state index < -0.39 is 24.2 Å². The molecule has 0 saturated carbocycles. The van der Waals surface area contributed by atoms with Crippen LogP contribution >= 0.6 is 0 Å². The van der Waals surface area contributed by atoms with Gasteiger partial charge in [-0.2, -0.15) is 0 Å². The van der Waals surface area contributed by atoms with Crippen LogP contribution in [0.25, 0.3) is 21.5 Å². The van der Waals surface area contributed by atoms with Crippen molar-refractivity contribution in [1.29, 1.82) is 0 Å². The highest BCUT2D eigenvalue weighted by Crippen LogP contribution is 2.24. The molecule has 0 atom stereocenters. The van der Waals surface area contributed by atoms with E-state index in [1.54, 1.807) is 0 Å².